The lowest BCUT2D eigenvalue weighted by molar-refractivity contribution is -0.0679. The third kappa shape index (κ3) is 6.44. The van der Waals surface area contributed by atoms with Crippen LogP contribution in [0.15, 0.2) is 29.3 Å². The van der Waals surface area contributed by atoms with E-state index < -0.39 is 0 Å². The van der Waals surface area contributed by atoms with Gasteiger partial charge in [-0.05, 0) is 52.7 Å². The molecule has 166 valence electrons. The number of guanidine groups is 1. The van der Waals surface area contributed by atoms with E-state index in [0.29, 0.717) is 12.2 Å². The highest BCUT2D eigenvalue weighted by molar-refractivity contribution is 5.79. The van der Waals surface area contributed by atoms with Crippen LogP contribution in [0.3, 0.4) is 0 Å². The number of nitrogens with one attached hydrogen (secondary N) is 2. The zero-order valence-corrected chi connectivity index (χ0v) is 19.0. The summed E-state index contributed by atoms with van der Waals surface area (Å²) in [5.74, 6) is 1.98. The van der Waals surface area contributed by atoms with Gasteiger partial charge in [-0.1, -0.05) is 12.1 Å². The molecule has 1 fully saturated rings. The Hall–Kier alpha value is -2.12. The number of imidazole rings is 1. The number of benzene rings is 1. The minimum absolute atomic E-state index is 0.330. The summed E-state index contributed by atoms with van der Waals surface area (Å²) in [6, 6.07) is 8.32. The number of rotatable bonds is 9. The van der Waals surface area contributed by atoms with E-state index in [1.165, 1.54) is 5.52 Å². The molecule has 0 bridgehead atoms. The first kappa shape index (κ1) is 22.6. The van der Waals surface area contributed by atoms with Crippen LogP contribution in [0.4, 0.5) is 0 Å². The van der Waals surface area contributed by atoms with Crippen LogP contribution in [0.25, 0.3) is 11.0 Å². The van der Waals surface area contributed by atoms with Crippen molar-refractivity contribution < 1.29 is 4.74 Å². The summed E-state index contributed by atoms with van der Waals surface area (Å²) in [7, 11) is 0. The average molecular weight is 415 g/mol. The molecule has 0 saturated carbocycles. The van der Waals surface area contributed by atoms with Gasteiger partial charge in [0.1, 0.15) is 5.82 Å². The van der Waals surface area contributed by atoms with Crippen LogP contribution < -0.4 is 10.6 Å². The second kappa shape index (κ2) is 11.3. The van der Waals surface area contributed by atoms with E-state index in [1.54, 1.807) is 0 Å². The highest BCUT2D eigenvalue weighted by Crippen LogP contribution is 2.15. The molecule has 3 rings (SSSR count). The SMILES string of the molecule is CCNC(=NCCCn1c(C)nc2ccccc21)NCCCN1CC(C)OC(C)C1. The van der Waals surface area contributed by atoms with Crippen LogP contribution >= 0.6 is 0 Å². The fraction of sp³-hybridized carbons (Fsp3) is 0.652. The predicted octanol–water partition coefficient (Wildman–Crippen LogP) is 2.79. The van der Waals surface area contributed by atoms with Crippen molar-refractivity contribution in [3.8, 4) is 0 Å². The van der Waals surface area contributed by atoms with Crippen LogP contribution in [0, 0.1) is 6.92 Å². The lowest BCUT2D eigenvalue weighted by Gasteiger charge is -2.35. The van der Waals surface area contributed by atoms with Gasteiger partial charge in [-0.15, -0.1) is 0 Å². The Kier molecular flexibility index (Phi) is 8.51. The summed E-state index contributed by atoms with van der Waals surface area (Å²) in [6.45, 7) is 15.2. The van der Waals surface area contributed by atoms with E-state index in [4.69, 9.17) is 9.73 Å². The number of hydrogen-bond donors (Lipinski definition) is 2. The Labute approximate surface area is 180 Å². The molecule has 0 spiro atoms. The smallest absolute Gasteiger partial charge is 0.191 e. The number of para-hydroxylation sites is 2. The Bertz CT molecular complexity index is 807. The summed E-state index contributed by atoms with van der Waals surface area (Å²) in [4.78, 5) is 11.9. The number of morpholine rings is 1. The van der Waals surface area contributed by atoms with Crippen molar-refractivity contribution in [3.05, 3.63) is 30.1 Å². The highest BCUT2D eigenvalue weighted by atomic mass is 16.5. The molecule has 2 atom stereocenters. The fourth-order valence-corrected chi connectivity index (χ4v) is 4.22. The third-order valence-corrected chi connectivity index (χ3v) is 5.44. The van der Waals surface area contributed by atoms with Crippen molar-refractivity contribution in [1.82, 2.24) is 25.1 Å². The molecule has 0 radical (unpaired) electrons. The number of aliphatic imine (C=N–C) groups is 1. The quantitative estimate of drug-likeness (QED) is 0.375. The lowest BCUT2D eigenvalue weighted by atomic mass is 10.2. The molecule has 0 amide bonds. The lowest BCUT2D eigenvalue weighted by Crippen LogP contribution is -2.46. The first-order chi connectivity index (χ1) is 14.6. The first-order valence-corrected chi connectivity index (χ1v) is 11.4. The van der Waals surface area contributed by atoms with E-state index in [1.807, 2.05) is 6.07 Å². The fourth-order valence-electron chi connectivity index (χ4n) is 4.22. The van der Waals surface area contributed by atoms with Crippen LogP contribution in [0.1, 0.15) is 39.4 Å². The molecule has 7 heteroatoms. The second-order valence-corrected chi connectivity index (χ2v) is 8.21. The average Bonchev–Trinajstić information content (AvgIpc) is 3.02. The van der Waals surface area contributed by atoms with Crippen LogP contribution in [0.2, 0.25) is 0 Å². The maximum absolute atomic E-state index is 5.81. The Morgan fingerprint density at radius 3 is 2.67 bits per heavy atom. The van der Waals surface area contributed by atoms with Gasteiger partial charge >= 0.3 is 0 Å². The Morgan fingerprint density at radius 1 is 1.13 bits per heavy atom. The van der Waals surface area contributed by atoms with Gasteiger partial charge in [0.05, 0.1) is 23.2 Å². The zero-order chi connectivity index (χ0) is 21.3. The number of aromatic nitrogens is 2. The molecule has 2 unspecified atom stereocenters. The Balaban J connectivity index is 1.41. The molecule has 0 aliphatic carbocycles. The molecule has 2 heterocycles. The molecular formula is C23H38N6O. The van der Waals surface area contributed by atoms with Crippen molar-refractivity contribution >= 4 is 17.0 Å². The van der Waals surface area contributed by atoms with Gasteiger partial charge in [-0.2, -0.15) is 0 Å². The molecule has 1 aliphatic heterocycles. The first-order valence-electron chi connectivity index (χ1n) is 11.4. The normalized spacial score (nSPS) is 20.6. The summed E-state index contributed by atoms with van der Waals surface area (Å²) in [6.07, 6.45) is 2.75. The number of nitrogens with zero attached hydrogens (tertiary/aromatic N) is 4. The van der Waals surface area contributed by atoms with Crippen molar-refractivity contribution in [1.29, 1.82) is 0 Å². The van der Waals surface area contributed by atoms with Crippen molar-refractivity contribution in [2.45, 2.75) is 59.3 Å². The van der Waals surface area contributed by atoms with Gasteiger partial charge in [0, 0.05) is 45.8 Å². The van der Waals surface area contributed by atoms with Gasteiger partial charge in [-0.25, -0.2) is 4.98 Å². The summed E-state index contributed by atoms with van der Waals surface area (Å²) >= 11 is 0. The molecular weight excluding hydrogens is 376 g/mol. The topological polar surface area (TPSA) is 66.7 Å². The monoisotopic (exact) mass is 414 g/mol. The molecule has 1 saturated heterocycles. The molecule has 1 aromatic heterocycles. The van der Waals surface area contributed by atoms with Crippen molar-refractivity contribution in [2.24, 2.45) is 4.99 Å². The third-order valence-electron chi connectivity index (χ3n) is 5.44. The van der Waals surface area contributed by atoms with Gasteiger partial charge in [0.15, 0.2) is 5.96 Å². The number of ether oxygens (including phenoxy) is 1. The molecule has 30 heavy (non-hydrogen) atoms. The minimum atomic E-state index is 0.330. The zero-order valence-electron chi connectivity index (χ0n) is 19.0. The standard InChI is InChI=1S/C23H38N6O/c1-5-24-23(25-12-8-14-28-16-18(2)30-19(3)17-28)26-13-9-15-29-20(4)27-21-10-6-7-11-22(21)29/h6-7,10-11,18-19H,5,8-9,12-17H2,1-4H3,(H2,24,25,26). The van der Waals surface area contributed by atoms with Crippen LogP contribution in [0.5, 0.6) is 0 Å². The Morgan fingerprint density at radius 2 is 1.90 bits per heavy atom. The van der Waals surface area contributed by atoms with E-state index in [2.05, 4.69) is 71.0 Å². The van der Waals surface area contributed by atoms with Crippen molar-refractivity contribution in [3.63, 3.8) is 0 Å². The number of aryl methyl sites for hydroxylation is 2. The van der Waals surface area contributed by atoms with Gasteiger partial charge in [-0.3, -0.25) is 9.89 Å². The van der Waals surface area contributed by atoms with E-state index in [9.17, 15) is 0 Å². The molecule has 1 aromatic carbocycles. The van der Waals surface area contributed by atoms with Gasteiger partial charge < -0.3 is 19.9 Å². The van der Waals surface area contributed by atoms with Gasteiger partial charge in [0.25, 0.3) is 0 Å². The largest absolute Gasteiger partial charge is 0.373 e. The summed E-state index contributed by atoms with van der Waals surface area (Å²) < 4.78 is 8.10. The summed E-state index contributed by atoms with van der Waals surface area (Å²) in [5, 5.41) is 6.84. The maximum Gasteiger partial charge on any atom is 0.191 e. The van der Waals surface area contributed by atoms with E-state index in [-0.39, 0.29) is 0 Å². The minimum Gasteiger partial charge on any atom is -0.373 e. The number of fused-ring (bicyclic) bond motifs is 1. The van der Waals surface area contributed by atoms with Crippen molar-refractivity contribution in [2.75, 3.05) is 39.3 Å². The highest BCUT2D eigenvalue weighted by Gasteiger charge is 2.21. The molecule has 7 nitrogen and oxygen atoms in total. The second-order valence-electron chi connectivity index (χ2n) is 8.21. The van der Waals surface area contributed by atoms with E-state index in [0.717, 1.165) is 76.0 Å². The molecule has 1 aliphatic rings. The molecule has 2 N–H and O–H groups in total. The maximum atomic E-state index is 5.81. The van der Waals surface area contributed by atoms with Crippen LogP contribution in [-0.2, 0) is 11.3 Å². The van der Waals surface area contributed by atoms with E-state index >= 15 is 0 Å². The van der Waals surface area contributed by atoms with Crippen LogP contribution in [-0.4, -0.2) is 71.9 Å². The summed E-state index contributed by atoms with van der Waals surface area (Å²) in [5.41, 5.74) is 2.27. The van der Waals surface area contributed by atoms with Gasteiger partial charge in [0.2, 0.25) is 0 Å². The molecule has 2 aromatic rings. The number of hydrogen-bond acceptors (Lipinski definition) is 4. The predicted molar refractivity (Wildman–Crippen MR) is 124 cm³/mol.